The second-order valence-electron chi connectivity index (χ2n) is 6.40. The van der Waals surface area contributed by atoms with E-state index in [-0.39, 0.29) is 5.69 Å². The van der Waals surface area contributed by atoms with Crippen LogP contribution in [-0.4, -0.2) is 22.0 Å². The Morgan fingerprint density at radius 1 is 0.900 bits per heavy atom. The molecular formula is C23H17N5O2. The molecule has 3 aromatic carbocycles. The topological polar surface area (TPSA) is 92.8 Å². The average Bonchev–Trinajstić information content (AvgIpc) is 2.79. The van der Waals surface area contributed by atoms with Gasteiger partial charge in [-0.05, 0) is 42.0 Å². The smallest absolute Gasteiger partial charge is 0.260 e. The van der Waals surface area contributed by atoms with Gasteiger partial charge >= 0.3 is 0 Å². The minimum absolute atomic E-state index is 0.0341. The first-order valence-corrected chi connectivity index (χ1v) is 9.22. The third kappa shape index (κ3) is 4.53. The minimum Gasteiger partial charge on any atom is -0.260 e. The lowest BCUT2D eigenvalue weighted by Crippen LogP contribution is -2.20. The summed E-state index contributed by atoms with van der Waals surface area (Å²) >= 11 is 0. The molecule has 0 fully saturated rings. The summed E-state index contributed by atoms with van der Waals surface area (Å²) in [5.74, 6) is 0.491. The third-order valence-electron chi connectivity index (χ3n) is 4.33. The number of para-hydroxylation sites is 2. The average molecular weight is 395 g/mol. The third-order valence-corrected chi connectivity index (χ3v) is 4.33. The van der Waals surface area contributed by atoms with Crippen LogP contribution < -0.4 is 5.43 Å². The summed E-state index contributed by atoms with van der Waals surface area (Å²) in [5, 5.41) is 16.1. The second-order valence-corrected chi connectivity index (χ2v) is 6.40. The van der Waals surface area contributed by atoms with Crippen molar-refractivity contribution < 1.29 is 4.92 Å². The first-order valence-electron chi connectivity index (χ1n) is 9.22. The van der Waals surface area contributed by atoms with Crippen LogP contribution in [0.2, 0.25) is 0 Å². The fraction of sp³-hybridized carbons (Fsp3) is 0. The quantitative estimate of drug-likeness (QED) is 0.226. The summed E-state index contributed by atoms with van der Waals surface area (Å²) in [7, 11) is 0. The summed E-state index contributed by atoms with van der Waals surface area (Å²) in [6.07, 6.45) is 1.57. The zero-order chi connectivity index (χ0) is 20.8. The van der Waals surface area contributed by atoms with Crippen molar-refractivity contribution in [3.8, 4) is 0 Å². The number of aromatic nitrogens is 1. The fourth-order valence-electron chi connectivity index (χ4n) is 2.82. The summed E-state index contributed by atoms with van der Waals surface area (Å²) in [4.78, 5) is 19.7. The van der Waals surface area contributed by atoms with Crippen LogP contribution in [0.4, 0.5) is 11.4 Å². The van der Waals surface area contributed by atoms with Crippen molar-refractivity contribution in [2.45, 2.75) is 0 Å². The first-order chi connectivity index (χ1) is 14.7. The van der Waals surface area contributed by atoms with Gasteiger partial charge < -0.3 is 0 Å². The van der Waals surface area contributed by atoms with E-state index in [0.29, 0.717) is 11.5 Å². The molecule has 0 spiro atoms. The number of benzene rings is 3. The Hall–Kier alpha value is -4.39. The van der Waals surface area contributed by atoms with Crippen molar-refractivity contribution in [3.05, 3.63) is 112 Å². The van der Waals surface area contributed by atoms with E-state index in [9.17, 15) is 10.1 Å². The van der Waals surface area contributed by atoms with Gasteiger partial charge in [-0.1, -0.05) is 42.5 Å². The largest absolute Gasteiger partial charge is 0.269 e. The predicted molar refractivity (Wildman–Crippen MR) is 118 cm³/mol. The van der Waals surface area contributed by atoms with E-state index in [1.807, 2.05) is 66.7 Å². The fourth-order valence-corrected chi connectivity index (χ4v) is 2.82. The molecule has 0 amide bonds. The van der Waals surface area contributed by atoms with E-state index < -0.39 is 4.92 Å². The van der Waals surface area contributed by atoms with Crippen LogP contribution in [0, 0.1) is 10.1 Å². The van der Waals surface area contributed by atoms with Crippen LogP contribution in [0.25, 0.3) is 10.9 Å². The first kappa shape index (κ1) is 18.9. The molecule has 0 aliphatic carbocycles. The van der Waals surface area contributed by atoms with E-state index in [1.165, 1.54) is 12.1 Å². The zero-order valence-corrected chi connectivity index (χ0v) is 15.8. The number of hydrazone groups is 1. The molecule has 0 aliphatic heterocycles. The molecule has 4 rings (SSSR count). The van der Waals surface area contributed by atoms with Crippen molar-refractivity contribution in [2.24, 2.45) is 10.1 Å². The lowest BCUT2D eigenvalue weighted by atomic mass is 10.2. The highest BCUT2D eigenvalue weighted by molar-refractivity contribution is 6.00. The van der Waals surface area contributed by atoms with Crippen molar-refractivity contribution in [1.29, 1.82) is 0 Å². The number of pyridine rings is 1. The van der Waals surface area contributed by atoms with Gasteiger partial charge in [-0.15, -0.1) is 0 Å². The number of nitro groups is 1. The molecule has 7 heteroatoms. The summed E-state index contributed by atoms with van der Waals surface area (Å²) in [5.41, 5.74) is 5.99. The number of non-ortho nitro benzene ring substituents is 1. The van der Waals surface area contributed by atoms with Crippen molar-refractivity contribution in [2.75, 3.05) is 0 Å². The van der Waals surface area contributed by atoms with Crippen molar-refractivity contribution in [3.63, 3.8) is 0 Å². The zero-order valence-electron chi connectivity index (χ0n) is 15.8. The van der Waals surface area contributed by atoms with E-state index >= 15 is 0 Å². The highest BCUT2D eigenvalue weighted by Gasteiger charge is 2.07. The van der Waals surface area contributed by atoms with Crippen LogP contribution >= 0.6 is 0 Å². The number of nitrogens with zero attached hydrogens (tertiary/aromatic N) is 4. The van der Waals surface area contributed by atoms with Crippen LogP contribution in [0.3, 0.4) is 0 Å². The highest BCUT2D eigenvalue weighted by Crippen LogP contribution is 2.15. The predicted octanol–water partition coefficient (Wildman–Crippen LogP) is 4.85. The van der Waals surface area contributed by atoms with E-state index in [2.05, 4.69) is 20.5 Å². The van der Waals surface area contributed by atoms with Crippen LogP contribution in [0.1, 0.15) is 11.3 Å². The number of nitrogens with one attached hydrogen (secondary N) is 1. The molecule has 0 aliphatic rings. The summed E-state index contributed by atoms with van der Waals surface area (Å²) in [6.45, 7) is 0. The SMILES string of the molecule is O=[N+]([O-])c1ccc(/C=N\NC(=Nc2ccccc2)c2ccc3ccccc3n2)cc1. The molecule has 0 saturated carbocycles. The van der Waals surface area contributed by atoms with E-state index in [4.69, 9.17) is 0 Å². The van der Waals surface area contributed by atoms with Gasteiger partial charge in [0.2, 0.25) is 0 Å². The van der Waals surface area contributed by atoms with Crippen LogP contribution in [0.5, 0.6) is 0 Å². The lowest BCUT2D eigenvalue weighted by Gasteiger charge is -2.07. The van der Waals surface area contributed by atoms with Gasteiger partial charge in [-0.25, -0.2) is 9.98 Å². The number of nitro benzene ring substituents is 1. The normalized spacial score (nSPS) is 11.7. The van der Waals surface area contributed by atoms with E-state index in [0.717, 1.165) is 22.2 Å². The minimum atomic E-state index is -0.435. The molecule has 1 heterocycles. The molecule has 30 heavy (non-hydrogen) atoms. The maximum absolute atomic E-state index is 10.8. The molecule has 0 unspecified atom stereocenters. The molecule has 4 aromatic rings. The monoisotopic (exact) mass is 395 g/mol. The summed E-state index contributed by atoms with van der Waals surface area (Å²) in [6, 6.07) is 27.4. The number of rotatable bonds is 5. The Morgan fingerprint density at radius 3 is 2.40 bits per heavy atom. The Labute approximate surface area is 172 Å². The highest BCUT2D eigenvalue weighted by atomic mass is 16.6. The van der Waals surface area contributed by atoms with Gasteiger partial charge in [0.05, 0.1) is 22.3 Å². The van der Waals surface area contributed by atoms with Gasteiger partial charge in [0.25, 0.3) is 5.69 Å². The van der Waals surface area contributed by atoms with E-state index in [1.54, 1.807) is 18.3 Å². The molecule has 0 atom stereocenters. The van der Waals surface area contributed by atoms with Crippen molar-refractivity contribution >= 4 is 34.3 Å². The standard InChI is InChI=1S/C23H17N5O2/c29-28(30)20-13-10-17(11-14-20)16-24-27-23(25-19-7-2-1-3-8-19)22-15-12-18-6-4-5-9-21(18)26-22/h1-16H,(H,25,27)/b24-16-. The van der Waals surface area contributed by atoms with Crippen LogP contribution in [0.15, 0.2) is 101 Å². The maximum atomic E-state index is 10.8. The number of fused-ring (bicyclic) bond motifs is 1. The number of hydrogen-bond donors (Lipinski definition) is 1. The van der Waals surface area contributed by atoms with Gasteiger partial charge in [0.15, 0.2) is 5.84 Å². The molecule has 0 saturated heterocycles. The Kier molecular flexibility index (Phi) is 5.52. The molecule has 0 radical (unpaired) electrons. The maximum Gasteiger partial charge on any atom is 0.269 e. The van der Waals surface area contributed by atoms with Gasteiger partial charge in [-0.2, -0.15) is 5.10 Å². The molecular weight excluding hydrogens is 378 g/mol. The van der Waals surface area contributed by atoms with Crippen molar-refractivity contribution in [1.82, 2.24) is 10.4 Å². The molecule has 1 N–H and O–H groups in total. The molecule has 146 valence electrons. The lowest BCUT2D eigenvalue weighted by molar-refractivity contribution is -0.384. The molecule has 0 bridgehead atoms. The molecule has 1 aromatic heterocycles. The van der Waals surface area contributed by atoms with Gasteiger partial charge in [0, 0.05) is 17.5 Å². The number of aliphatic imine (C=N–C) groups is 1. The summed E-state index contributed by atoms with van der Waals surface area (Å²) < 4.78 is 0. The number of hydrogen-bond acceptors (Lipinski definition) is 5. The number of amidine groups is 1. The Bertz CT molecular complexity index is 1240. The second kappa shape index (κ2) is 8.74. The van der Waals surface area contributed by atoms with Crippen LogP contribution in [-0.2, 0) is 0 Å². The Balaban J connectivity index is 1.63. The van der Waals surface area contributed by atoms with Gasteiger partial charge in [0.1, 0.15) is 5.69 Å². The molecule has 7 nitrogen and oxygen atoms in total. The Morgan fingerprint density at radius 2 is 1.63 bits per heavy atom. The van der Waals surface area contributed by atoms with Gasteiger partial charge in [-0.3, -0.25) is 15.5 Å².